The molecule has 2 N–H and O–H groups in total. The van der Waals surface area contributed by atoms with Gasteiger partial charge in [-0.3, -0.25) is 9.11 Å². The molecule has 0 amide bonds. The molecule has 0 aromatic heterocycles. The Balaban J connectivity index is 2.21. The van der Waals surface area contributed by atoms with Crippen LogP contribution in [0.2, 0.25) is 0 Å². The molecule has 0 spiro atoms. The molecule has 1 saturated heterocycles. The lowest BCUT2D eigenvalue weighted by molar-refractivity contribution is 0.0620. The second kappa shape index (κ2) is 4.91. The molecule has 4 nitrogen and oxygen atoms in total. The van der Waals surface area contributed by atoms with Crippen molar-refractivity contribution < 1.29 is 14.4 Å². The Morgan fingerprint density at radius 1 is 1.42 bits per heavy atom. The van der Waals surface area contributed by atoms with E-state index in [-0.39, 0.29) is 6.61 Å². The summed E-state index contributed by atoms with van der Waals surface area (Å²) < 4.78 is 10.9. The van der Waals surface area contributed by atoms with Crippen LogP contribution in [0.15, 0.2) is 0 Å². The Bertz CT molecular complexity index is 155. The summed E-state index contributed by atoms with van der Waals surface area (Å²) >= 11 is 0. The Morgan fingerprint density at radius 2 is 2.00 bits per heavy atom. The van der Waals surface area contributed by atoms with Gasteiger partial charge in [-0.15, -0.1) is 0 Å². The zero-order valence-corrected chi connectivity index (χ0v) is 7.79. The molecule has 0 radical (unpaired) electrons. The molecular formula is C7H15NO3S. The number of nitrogens with zero attached hydrogens (tertiary/aromatic N) is 1. The number of aliphatic hydroxyl groups is 2. The third-order valence-electron chi connectivity index (χ3n) is 1.95. The Labute approximate surface area is 74.6 Å². The largest absolute Gasteiger partial charge is 0.394 e. The second-order valence-electron chi connectivity index (χ2n) is 2.99. The van der Waals surface area contributed by atoms with E-state index in [9.17, 15) is 4.21 Å². The van der Waals surface area contributed by atoms with Crippen LogP contribution in [-0.4, -0.2) is 63.2 Å². The van der Waals surface area contributed by atoms with E-state index in [1.165, 1.54) is 0 Å². The van der Waals surface area contributed by atoms with Crippen LogP contribution in [0.3, 0.4) is 0 Å². The van der Waals surface area contributed by atoms with Crippen molar-refractivity contribution in [3.63, 3.8) is 0 Å². The van der Waals surface area contributed by atoms with E-state index in [2.05, 4.69) is 0 Å². The normalized spacial score (nSPS) is 24.2. The van der Waals surface area contributed by atoms with Crippen LogP contribution in [0.4, 0.5) is 0 Å². The van der Waals surface area contributed by atoms with Gasteiger partial charge in [0.2, 0.25) is 0 Å². The Morgan fingerprint density at radius 3 is 2.50 bits per heavy atom. The third kappa shape index (κ3) is 3.18. The van der Waals surface area contributed by atoms with Crippen molar-refractivity contribution in [1.82, 2.24) is 4.90 Å². The topological polar surface area (TPSA) is 60.8 Å². The lowest BCUT2D eigenvalue weighted by atomic mass is 10.3. The van der Waals surface area contributed by atoms with Crippen molar-refractivity contribution in [3.05, 3.63) is 0 Å². The maximum Gasteiger partial charge on any atom is 0.0897 e. The highest BCUT2D eigenvalue weighted by molar-refractivity contribution is 7.85. The molecule has 0 saturated carbocycles. The summed E-state index contributed by atoms with van der Waals surface area (Å²) in [4.78, 5) is 2.03. The monoisotopic (exact) mass is 193 g/mol. The molecule has 1 aliphatic heterocycles. The standard InChI is InChI=1S/C7H15NO3S/c9-6-7(10)5-8-1-3-12(11)4-2-8/h7,9-10H,1-6H2. The maximum absolute atomic E-state index is 10.9. The van der Waals surface area contributed by atoms with Crippen molar-refractivity contribution >= 4 is 10.8 Å². The zero-order chi connectivity index (χ0) is 8.97. The molecule has 5 heteroatoms. The molecule has 72 valence electrons. The molecule has 1 atom stereocenters. The Hall–Kier alpha value is 0.0300. The zero-order valence-electron chi connectivity index (χ0n) is 6.98. The summed E-state index contributed by atoms with van der Waals surface area (Å²) in [7, 11) is -0.663. The Kier molecular flexibility index (Phi) is 4.14. The van der Waals surface area contributed by atoms with Gasteiger partial charge < -0.3 is 10.2 Å². The summed E-state index contributed by atoms with van der Waals surface area (Å²) in [5.41, 5.74) is 0. The first kappa shape index (κ1) is 10.1. The molecule has 1 fully saturated rings. The second-order valence-corrected chi connectivity index (χ2v) is 4.68. The quantitative estimate of drug-likeness (QED) is 0.567. The van der Waals surface area contributed by atoms with Crippen LogP contribution in [-0.2, 0) is 10.8 Å². The molecule has 1 rings (SSSR count). The van der Waals surface area contributed by atoms with Gasteiger partial charge in [-0.05, 0) is 0 Å². The summed E-state index contributed by atoms with van der Waals surface area (Å²) in [6, 6.07) is 0. The molecule has 12 heavy (non-hydrogen) atoms. The van der Waals surface area contributed by atoms with Crippen LogP contribution >= 0.6 is 0 Å². The molecular weight excluding hydrogens is 178 g/mol. The first-order valence-corrected chi connectivity index (χ1v) is 5.57. The van der Waals surface area contributed by atoms with Crippen LogP contribution in [0, 0.1) is 0 Å². The van der Waals surface area contributed by atoms with Crippen LogP contribution in [0.1, 0.15) is 0 Å². The highest BCUT2D eigenvalue weighted by Gasteiger charge is 2.17. The van der Waals surface area contributed by atoms with E-state index in [4.69, 9.17) is 10.2 Å². The van der Waals surface area contributed by atoms with Gasteiger partial charge in [-0.25, -0.2) is 0 Å². The minimum atomic E-state index is -0.663. The summed E-state index contributed by atoms with van der Waals surface area (Å²) in [5.74, 6) is 1.39. The number of β-amino-alcohol motifs (C(OH)–C–C–N with tert-alkyl or cyclic N) is 1. The summed E-state index contributed by atoms with van der Waals surface area (Å²) in [6.07, 6.45) is -0.656. The van der Waals surface area contributed by atoms with E-state index in [0.717, 1.165) is 13.1 Å². The summed E-state index contributed by atoms with van der Waals surface area (Å²) in [6.45, 7) is 1.83. The molecule has 1 unspecified atom stereocenters. The third-order valence-corrected chi connectivity index (χ3v) is 3.23. The predicted molar refractivity (Wildman–Crippen MR) is 47.4 cm³/mol. The number of rotatable bonds is 3. The van der Waals surface area contributed by atoms with E-state index in [1.807, 2.05) is 4.90 Å². The highest BCUT2D eigenvalue weighted by atomic mass is 32.2. The van der Waals surface area contributed by atoms with Gasteiger partial charge in [0.1, 0.15) is 0 Å². The lowest BCUT2D eigenvalue weighted by Gasteiger charge is -2.27. The average molecular weight is 193 g/mol. The lowest BCUT2D eigenvalue weighted by Crippen LogP contribution is -2.42. The van der Waals surface area contributed by atoms with E-state index in [0.29, 0.717) is 18.1 Å². The number of hydrogen-bond acceptors (Lipinski definition) is 4. The first-order valence-electron chi connectivity index (χ1n) is 4.08. The minimum absolute atomic E-state index is 0.195. The molecule has 0 aromatic carbocycles. The SMILES string of the molecule is O=S1CCN(CC(O)CO)CC1. The molecule has 1 aliphatic rings. The van der Waals surface area contributed by atoms with E-state index >= 15 is 0 Å². The smallest absolute Gasteiger partial charge is 0.0897 e. The average Bonchev–Trinajstić information content (AvgIpc) is 2.09. The molecule has 1 heterocycles. The van der Waals surface area contributed by atoms with Gasteiger partial charge in [-0.2, -0.15) is 0 Å². The van der Waals surface area contributed by atoms with Crippen LogP contribution in [0.25, 0.3) is 0 Å². The molecule has 0 bridgehead atoms. The highest BCUT2D eigenvalue weighted by Crippen LogP contribution is 2.00. The van der Waals surface area contributed by atoms with Crippen LogP contribution < -0.4 is 0 Å². The van der Waals surface area contributed by atoms with E-state index in [1.54, 1.807) is 0 Å². The van der Waals surface area contributed by atoms with E-state index < -0.39 is 16.9 Å². The molecule has 0 aliphatic carbocycles. The van der Waals surface area contributed by atoms with Gasteiger partial charge in [0.15, 0.2) is 0 Å². The fourth-order valence-corrected chi connectivity index (χ4v) is 2.34. The van der Waals surface area contributed by atoms with Crippen molar-refractivity contribution in [1.29, 1.82) is 0 Å². The summed E-state index contributed by atoms with van der Waals surface area (Å²) in [5, 5.41) is 17.7. The minimum Gasteiger partial charge on any atom is -0.394 e. The van der Waals surface area contributed by atoms with Gasteiger partial charge in [0.25, 0.3) is 0 Å². The van der Waals surface area contributed by atoms with Gasteiger partial charge in [0.05, 0.1) is 12.7 Å². The van der Waals surface area contributed by atoms with Gasteiger partial charge >= 0.3 is 0 Å². The van der Waals surface area contributed by atoms with Crippen LogP contribution in [0.5, 0.6) is 0 Å². The fourth-order valence-electron chi connectivity index (χ4n) is 1.21. The van der Waals surface area contributed by atoms with Crippen molar-refractivity contribution in [2.24, 2.45) is 0 Å². The number of hydrogen-bond donors (Lipinski definition) is 2. The van der Waals surface area contributed by atoms with Crippen molar-refractivity contribution in [2.45, 2.75) is 6.10 Å². The number of aliphatic hydroxyl groups excluding tert-OH is 2. The fraction of sp³-hybridized carbons (Fsp3) is 1.00. The van der Waals surface area contributed by atoms with Gasteiger partial charge in [-0.1, -0.05) is 0 Å². The predicted octanol–water partition coefficient (Wildman–Crippen LogP) is -1.60. The van der Waals surface area contributed by atoms with Crippen molar-refractivity contribution in [3.8, 4) is 0 Å². The van der Waals surface area contributed by atoms with Crippen molar-refractivity contribution in [2.75, 3.05) is 37.7 Å². The maximum atomic E-state index is 10.9. The van der Waals surface area contributed by atoms with Gasteiger partial charge in [0, 0.05) is 41.9 Å². The molecule has 0 aromatic rings. The first-order chi connectivity index (χ1) is 5.72.